The first-order chi connectivity index (χ1) is 15.5. The maximum Gasteiger partial charge on any atom is 0.259 e. The van der Waals surface area contributed by atoms with Gasteiger partial charge in [-0.2, -0.15) is 0 Å². The predicted molar refractivity (Wildman–Crippen MR) is 118 cm³/mol. The third kappa shape index (κ3) is 4.38. The normalized spacial score (nSPS) is 14.7. The van der Waals surface area contributed by atoms with Crippen LogP contribution in [0.5, 0.6) is 0 Å². The molecule has 0 spiro atoms. The summed E-state index contributed by atoms with van der Waals surface area (Å²) in [5.74, 6) is -1.47. The zero-order valence-electron chi connectivity index (χ0n) is 16.9. The van der Waals surface area contributed by atoms with E-state index in [1.165, 1.54) is 23.5 Å². The summed E-state index contributed by atoms with van der Waals surface area (Å²) in [6.45, 7) is 3.85. The molecule has 2 N–H and O–H groups in total. The highest BCUT2D eigenvalue weighted by molar-refractivity contribution is 7.14. The molecule has 2 aromatic heterocycles. The highest BCUT2D eigenvalue weighted by atomic mass is 32.1. The van der Waals surface area contributed by atoms with Crippen molar-refractivity contribution in [1.29, 1.82) is 0 Å². The van der Waals surface area contributed by atoms with Gasteiger partial charge in [0.05, 0.1) is 30.0 Å². The summed E-state index contributed by atoms with van der Waals surface area (Å²) < 4.78 is 32.6. The van der Waals surface area contributed by atoms with Gasteiger partial charge in [0, 0.05) is 36.6 Å². The fraction of sp³-hybridized carbons (Fsp3) is 0.227. The smallest absolute Gasteiger partial charge is 0.259 e. The second-order valence-electron chi connectivity index (χ2n) is 7.43. The number of nitrogens with one attached hydrogen (secondary N) is 2. The molecule has 0 unspecified atom stereocenters. The Balaban J connectivity index is 1.36. The van der Waals surface area contributed by atoms with E-state index < -0.39 is 11.6 Å². The lowest BCUT2D eigenvalue weighted by Crippen LogP contribution is -2.35. The van der Waals surface area contributed by atoms with Crippen LogP contribution in [0.4, 0.5) is 13.9 Å². The van der Waals surface area contributed by atoms with Gasteiger partial charge in [-0.15, -0.1) is 11.3 Å². The lowest BCUT2D eigenvalue weighted by Gasteiger charge is -2.25. The number of aromatic nitrogens is 3. The molecule has 5 rings (SSSR count). The standard InChI is InChI=1S/C22H19F2N5O2S/c23-14-8-13(9-15(24)10-14)20-26-18-3-1-2-17(19(18)27-20)21(30)28-22-25-16(12-32-22)11-29-4-6-31-7-5-29/h1-3,8-10,12H,4-7,11H2,(H,26,27)(H,25,28,30). The van der Waals surface area contributed by atoms with Crippen LogP contribution in [0.3, 0.4) is 0 Å². The van der Waals surface area contributed by atoms with Crippen LogP contribution in [-0.4, -0.2) is 52.1 Å². The molecule has 2 aromatic carbocycles. The van der Waals surface area contributed by atoms with E-state index in [9.17, 15) is 13.6 Å². The molecular weight excluding hydrogens is 436 g/mol. The van der Waals surface area contributed by atoms with Crippen LogP contribution in [0.25, 0.3) is 22.4 Å². The van der Waals surface area contributed by atoms with Crippen molar-refractivity contribution in [3.63, 3.8) is 0 Å². The second kappa shape index (κ2) is 8.73. The average Bonchev–Trinajstić information content (AvgIpc) is 3.40. The largest absolute Gasteiger partial charge is 0.379 e. The zero-order chi connectivity index (χ0) is 22.1. The van der Waals surface area contributed by atoms with E-state index in [1.54, 1.807) is 18.2 Å². The van der Waals surface area contributed by atoms with E-state index in [0.717, 1.165) is 24.8 Å². The maximum atomic E-state index is 13.6. The molecule has 0 saturated carbocycles. The number of nitrogens with zero attached hydrogens (tertiary/aromatic N) is 3. The molecule has 1 aliphatic rings. The Bertz CT molecular complexity index is 1260. The fourth-order valence-electron chi connectivity index (χ4n) is 3.63. The molecule has 0 radical (unpaired) electrons. The summed E-state index contributed by atoms with van der Waals surface area (Å²) in [6, 6.07) is 8.29. The molecule has 4 aromatic rings. The minimum Gasteiger partial charge on any atom is -0.379 e. The van der Waals surface area contributed by atoms with Crippen LogP contribution in [0.2, 0.25) is 0 Å². The van der Waals surface area contributed by atoms with Crippen LogP contribution >= 0.6 is 11.3 Å². The van der Waals surface area contributed by atoms with Crippen LogP contribution in [0.1, 0.15) is 16.1 Å². The van der Waals surface area contributed by atoms with Gasteiger partial charge in [0.2, 0.25) is 0 Å². The number of morpholine rings is 1. The van der Waals surface area contributed by atoms with Crippen molar-refractivity contribution in [3.05, 3.63) is 64.7 Å². The van der Waals surface area contributed by atoms with Crippen LogP contribution in [-0.2, 0) is 11.3 Å². The number of hydrogen-bond donors (Lipinski definition) is 2. The third-order valence-electron chi connectivity index (χ3n) is 5.15. The van der Waals surface area contributed by atoms with Crippen molar-refractivity contribution >= 4 is 33.4 Å². The molecule has 1 saturated heterocycles. The monoisotopic (exact) mass is 455 g/mol. The number of ether oxygens (including phenoxy) is 1. The van der Waals surface area contributed by atoms with Gasteiger partial charge in [-0.1, -0.05) is 6.07 Å². The maximum absolute atomic E-state index is 13.6. The Labute approximate surface area is 186 Å². The van der Waals surface area contributed by atoms with Crippen LogP contribution < -0.4 is 5.32 Å². The van der Waals surface area contributed by atoms with Gasteiger partial charge >= 0.3 is 0 Å². The highest BCUT2D eigenvalue weighted by Crippen LogP contribution is 2.25. The quantitative estimate of drug-likeness (QED) is 0.475. The van der Waals surface area contributed by atoms with Gasteiger partial charge in [-0.05, 0) is 24.3 Å². The van der Waals surface area contributed by atoms with Crippen molar-refractivity contribution in [2.45, 2.75) is 6.54 Å². The number of fused-ring (bicyclic) bond motifs is 1. The summed E-state index contributed by atoms with van der Waals surface area (Å²) in [4.78, 5) is 27.2. The number of hydrogen-bond acceptors (Lipinski definition) is 6. The first-order valence-corrected chi connectivity index (χ1v) is 10.9. The molecular formula is C22H19F2N5O2S. The van der Waals surface area contributed by atoms with Crippen molar-refractivity contribution < 1.29 is 18.3 Å². The van der Waals surface area contributed by atoms with Crippen LogP contribution in [0.15, 0.2) is 41.8 Å². The fourth-order valence-corrected chi connectivity index (χ4v) is 4.33. The summed E-state index contributed by atoms with van der Waals surface area (Å²) >= 11 is 1.36. The molecule has 0 atom stereocenters. The Hall–Kier alpha value is -3.21. The van der Waals surface area contributed by atoms with Gasteiger partial charge in [-0.3, -0.25) is 15.0 Å². The first kappa shape index (κ1) is 20.7. The topological polar surface area (TPSA) is 83.1 Å². The van der Waals surface area contributed by atoms with Gasteiger partial charge < -0.3 is 9.72 Å². The van der Waals surface area contributed by atoms with Gasteiger partial charge in [0.15, 0.2) is 5.13 Å². The minimum atomic E-state index is -0.699. The molecule has 10 heteroatoms. The van der Waals surface area contributed by atoms with Gasteiger partial charge in [-0.25, -0.2) is 18.7 Å². The molecule has 1 aliphatic heterocycles. The van der Waals surface area contributed by atoms with E-state index in [4.69, 9.17) is 4.74 Å². The number of carbonyl (C=O) groups is 1. The van der Waals surface area contributed by atoms with E-state index in [2.05, 4.69) is 25.2 Å². The first-order valence-electron chi connectivity index (χ1n) is 10.1. The van der Waals surface area contributed by atoms with E-state index in [1.807, 2.05) is 5.38 Å². The minimum absolute atomic E-state index is 0.262. The Morgan fingerprint density at radius 3 is 2.72 bits per heavy atom. The van der Waals surface area contributed by atoms with Crippen molar-refractivity contribution in [3.8, 4) is 11.4 Å². The number of carbonyl (C=O) groups excluding carboxylic acids is 1. The predicted octanol–water partition coefficient (Wildman–Crippen LogP) is 4.05. The number of anilines is 1. The number of imidazole rings is 1. The van der Waals surface area contributed by atoms with Gasteiger partial charge in [0.25, 0.3) is 5.91 Å². The van der Waals surface area contributed by atoms with Crippen LogP contribution in [0, 0.1) is 11.6 Å². The lowest BCUT2D eigenvalue weighted by atomic mass is 10.2. The van der Waals surface area contributed by atoms with Crippen molar-refractivity contribution in [2.75, 3.05) is 31.6 Å². The number of aromatic amines is 1. The number of rotatable bonds is 5. The summed E-state index contributed by atoms with van der Waals surface area (Å²) in [5, 5.41) is 5.25. The molecule has 164 valence electrons. The molecule has 0 aliphatic carbocycles. The van der Waals surface area contributed by atoms with E-state index in [-0.39, 0.29) is 17.3 Å². The molecule has 3 heterocycles. The SMILES string of the molecule is O=C(Nc1nc(CN2CCOCC2)cs1)c1cccc2[nH]c(-c3cc(F)cc(F)c3)nc12. The number of benzene rings is 2. The lowest BCUT2D eigenvalue weighted by molar-refractivity contribution is 0.0337. The number of H-pyrrole nitrogens is 1. The Kier molecular flexibility index (Phi) is 5.64. The zero-order valence-corrected chi connectivity index (χ0v) is 17.7. The molecule has 1 amide bonds. The Morgan fingerprint density at radius 1 is 1.16 bits per heavy atom. The highest BCUT2D eigenvalue weighted by Gasteiger charge is 2.18. The summed E-state index contributed by atoms with van der Waals surface area (Å²) in [5.41, 5.74) is 2.49. The molecule has 7 nitrogen and oxygen atoms in total. The number of thiazole rings is 1. The average molecular weight is 455 g/mol. The second-order valence-corrected chi connectivity index (χ2v) is 8.29. The summed E-state index contributed by atoms with van der Waals surface area (Å²) in [6.07, 6.45) is 0. The van der Waals surface area contributed by atoms with E-state index in [0.29, 0.717) is 41.5 Å². The number of halogens is 2. The molecule has 0 bridgehead atoms. The van der Waals surface area contributed by atoms with Crippen molar-refractivity contribution in [2.24, 2.45) is 0 Å². The number of amides is 1. The number of para-hydroxylation sites is 1. The summed E-state index contributed by atoms with van der Waals surface area (Å²) in [7, 11) is 0. The van der Waals surface area contributed by atoms with E-state index >= 15 is 0 Å². The Morgan fingerprint density at radius 2 is 1.94 bits per heavy atom. The third-order valence-corrected chi connectivity index (χ3v) is 5.96. The van der Waals surface area contributed by atoms with Crippen molar-refractivity contribution in [1.82, 2.24) is 19.9 Å². The molecule has 1 fully saturated rings. The van der Waals surface area contributed by atoms with Gasteiger partial charge in [0.1, 0.15) is 23.0 Å². The molecule has 32 heavy (non-hydrogen) atoms.